The molecule has 3 N–H and O–H groups in total. The normalized spacial score (nSPS) is 24.2. The Balaban J connectivity index is 1.17. The predicted molar refractivity (Wildman–Crippen MR) is 273 cm³/mol. The summed E-state index contributed by atoms with van der Waals surface area (Å²) in [6, 6.07) is 42.6. The Labute approximate surface area is 390 Å². The summed E-state index contributed by atoms with van der Waals surface area (Å²) in [6.45, 7) is 18.5. The van der Waals surface area contributed by atoms with Gasteiger partial charge in [-0.05, 0) is 152 Å². The zero-order chi connectivity index (χ0) is 45.5. The molecule has 3 aliphatic carbocycles. The van der Waals surface area contributed by atoms with Gasteiger partial charge in [-0.1, -0.05) is 129 Å². The van der Waals surface area contributed by atoms with Crippen LogP contribution < -0.4 is 16.0 Å². The number of fused-ring (bicyclic) bond motifs is 6. The van der Waals surface area contributed by atoms with Crippen molar-refractivity contribution in [2.24, 2.45) is 11.8 Å². The predicted octanol–water partition coefficient (Wildman–Crippen LogP) is 13.6. The first kappa shape index (κ1) is 42.4. The molecule has 66 heavy (non-hydrogen) atoms. The van der Waals surface area contributed by atoms with Crippen molar-refractivity contribution in [3.05, 3.63) is 188 Å². The number of hydrogen-bond acceptors (Lipinski definition) is 4. The van der Waals surface area contributed by atoms with Gasteiger partial charge in [-0.2, -0.15) is 5.26 Å². The lowest BCUT2D eigenvalue weighted by atomic mass is 9.81. The molecule has 7 atom stereocenters. The first-order valence-electron chi connectivity index (χ1n) is 24.3. The topological polar surface area (TPSA) is 69.7 Å². The lowest BCUT2D eigenvalue weighted by Crippen LogP contribution is -2.60. The van der Waals surface area contributed by atoms with E-state index in [1.807, 2.05) is 0 Å². The summed E-state index contributed by atoms with van der Waals surface area (Å²) in [7, 11) is 0. The van der Waals surface area contributed by atoms with Gasteiger partial charge in [0.15, 0.2) is 0 Å². The summed E-state index contributed by atoms with van der Waals surface area (Å²) in [6.07, 6.45) is 7.97. The van der Waals surface area contributed by atoms with E-state index in [9.17, 15) is 5.26 Å². The second-order valence-electron chi connectivity index (χ2n) is 20.4. The smallest absolute Gasteiger partial charge is 0.101 e. The monoisotopic (exact) mass is 867 g/mol. The average Bonchev–Trinajstić information content (AvgIpc) is 3.82. The van der Waals surface area contributed by atoms with Crippen LogP contribution in [-0.2, 0) is 12.8 Å². The fraction of sp³-hybridized carbons (Fsp3) is 0.317. The summed E-state index contributed by atoms with van der Waals surface area (Å²) in [5.41, 5.74) is 22.4. The van der Waals surface area contributed by atoms with Crippen LogP contribution in [0.15, 0.2) is 132 Å². The fourth-order valence-corrected chi connectivity index (χ4v) is 12.7. The van der Waals surface area contributed by atoms with Crippen LogP contribution in [0.5, 0.6) is 0 Å². The number of nitriles is 1. The van der Waals surface area contributed by atoms with E-state index in [0.717, 1.165) is 36.1 Å². The molecule has 1 saturated heterocycles. The number of aromatic nitrogens is 2. The molecule has 0 spiro atoms. The molecule has 6 heteroatoms. The van der Waals surface area contributed by atoms with Crippen molar-refractivity contribution in [1.29, 1.82) is 5.26 Å². The molecule has 332 valence electrons. The van der Waals surface area contributed by atoms with Crippen LogP contribution in [0, 0.1) is 50.9 Å². The molecule has 2 aromatic heterocycles. The van der Waals surface area contributed by atoms with Crippen LogP contribution in [0.1, 0.15) is 121 Å². The van der Waals surface area contributed by atoms with Gasteiger partial charge in [0.25, 0.3) is 0 Å². The van der Waals surface area contributed by atoms with Crippen LogP contribution >= 0.6 is 0 Å². The van der Waals surface area contributed by atoms with Crippen LogP contribution in [0.25, 0.3) is 44.2 Å². The Hall–Kier alpha value is -6.23. The molecule has 0 bridgehead atoms. The largest absolute Gasteiger partial charge is 0.332 e. The molecule has 11 rings (SSSR count). The van der Waals surface area contributed by atoms with E-state index in [0.29, 0.717) is 24.2 Å². The van der Waals surface area contributed by atoms with E-state index < -0.39 is 0 Å². The van der Waals surface area contributed by atoms with E-state index in [1.165, 1.54) is 94.4 Å². The van der Waals surface area contributed by atoms with Crippen LogP contribution in [0.4, 0.5) is 0 Å². The zero-order valence-electron chi connectivity index (χ0n) is 39.8. The van der Waals surface area contributed by atoms with Crippen molar-refractivity contribution < 1.29 is 0 Å². The molecule has 0 saturated carbocycles. The number of benzene rings is 5. The van der Waals surface area contributed by atoms with Crippen molar-refractivity contribution in [3.63, 3.8) is 0 Å². The summed E-state index contributed by atoms with van der Waals surface area (Å²) < 4.78 is 5.30. The molecule has 0 radical (unpaired) electrons. The molecule has 3 heterocycles. The van der Waals surface area contributed by atoms with Gasteiger partial charge in [-0.15, -0.1) is 0 Å². The van der Waals surface area contributed by atoms with Crippen molar-refractivity contribution in [2.45, 2.75) is 112 Å². The number of hydrogen-bond donors (Lipinski definition) is 3. The number of nitrogens with one attached hydrogen (secondary N) is 3. The first-order valence-corrected chi connectivity index (χ1v) is 24.3. The number of rotatable bonds is 6. The maximum Gasteiger partial charge on any atom is 0.101 e. The first-order chi connectivity index (χ1) is 31.9. The zero-order valence-corrected chi connectivity index (χ0v) is 39.8. The van der Waals surface area contributed by atoms with Gasteiger partial charge >= 0.3 is 0 Å². The van der Waals surface area contributed by atoms with Crippen molar-refractivity contribution >= 4 is 33.1 Å². The molecule has 6 nitrogen and oxygen atoms in total. The standard InChI is InChI=1S/C60H62N6/c1-34-22-38(5)54-47(26-34)48-27-35(2)23-39(6)55(48)65(54)52-32-53(66-56-40(7)24-36(3)28-49(56)50-29-37(4)25-41(8)57(50)66)51(31-46(52)33-61)60-63-58(43-18-13-10-14-19-43)62-59(64-60)45-21-15-20-44(30-45)42-16-11-9-12-17-42/h9-22,24-26,28,30-31,35,37,39,53,58-60,62-64H,23,27,29,32H2,1-8H3. The molecule has 7 unspecified atom stereocenters. The Morgan fingerprint density at radius 2 is 1.24 bits per heavy atom. The van der Waals surface area contributed by atoms with Gasteiger partial charge in [0.1, 0.15) is 6.07 Å². The van der Waals surface area contributed by atoms with Crippen LogP contribution in [0.2, 0.25) is 0 Å². The minimum atomic E-state index is -0.290. The number of allylic oxidation sites excluding steroid dienone is 5. The van der Waals surface area contributed by atoms with Crippen LogP contribution in [-0.4, -0.2) is 15.3 Å². The molecule has 1 aliphatic heterocycles. The molecule has 5 aromatic carbocycles. The van der Waals surface area contributed by atoms with Gasteiger partial charge in [0.2, 0.25) is 0 Å². The summed E-state index contributed by atoms with van der Waals surface area (Å²) >= 11 is 0. The maximum atomic E-state index is 11.6. The molecular weight excluding hydrogens is 805 g/mol. The van der Waals surface area contributed by atoms with Crippen molar-refractivity contribution in [3.8, 4) is 17.2 Å². The third-order valence-corrected chi connectivity index (χ3v) is 15.2. The van der Waals surface area contributed by atoms with Crippen LogP contribution in [0.3, 0.4) is 0 Å². The molecule has 7 aromatic rings. The summed E-state index contributed by atoms with van der Waals surface area (Å²) in [5, 5.41) is 26.5. The molecule has 0 amide bonds. The fourth-order valence-electron chi connectivity index (χ4n) is 12.7. The highest BCUT2D eigenvalue weighted by molar-refractivity contribution is 5.95. The van der Waals surface area contributed by atoms with Crippen molar-refractivity contribution in [2.75, 3.05) is 0 Å². The maximum absolute atomic E-state index is 11.6. The summed E-state index contributed by atoms with van der Waals surface area (Å²) in [5.74, 6) is 1.40. The lowest BCUT2D eigenvalue weighted by Gasteiger charge is -2.44. The van der Waals surface area contributed by atoms with Gasteiger partial charge in [-0.3, -0.25) is 16.0 Å². The van der Waals surface area contributed by atoms with E-state index in [1.54, 1.807) is 0 Å². The van der Waals surface area contributed by atoms with E-state index in [2.05, 4.69) is 208 Å². The molecule has 4 aliphatic rings. The number of nitrogens with zero attached hydrogens (tertiary/aromatic N) is 3. The SMILES string of the molecule is CC1=CC(C)Cc2c1n(C1CC(n3c4c(c5cc(C)cc(C)c53)CC(C)CC4C)=C(C#N)C=C1C1NC(c3ccccc3)NC(c3cccc(-c4ccccc4)c3)N1)c1c(C)cc(C)cc21. The highest BCUT2D eigenvalue weighted by Gasteiger charge is 2.41. The van der Waals surface area contributed by atoms with E-state index >= 15 is 0 Å². The minimum Gasteiger partial charge on any atom is -0.332 e. The van der Waals surface area contributed by atoms with E-state index in [4.69, 9.17) is 0 Å². The second-order valence-corrected chi connectivity index (χ2v) is 20.4. The average molecular weight is 867 g/mol. The Morgan fingerprint density at radius 3 is 1.95 bits per heavy atom. The van der Waals surface area contributed by atoms with E-state index in [-0.39, 0.29) is 24.5 Å². The van der Waals surface area contributed by atoms with Crippen molar-refractivity contribution in [1.82, 2.24) is 25.1 Å². The lowest BCUT2D eigenvalue weighted by molar-refractivity contribution is 0.213. The third kappa shape index (κ3) is 7.11. The quantitative estimate of drug-likeness (QED) is 0.156. The third-order valence-electron chi connectivity index (χ3n) is 15.2. The van der Waals surface area contributed by atoms with Gasteiger partial charge in [0.05, 0.1) is 41.1 Å². The Bertz CT molecular complexity index is 3210. The van der Waals surface area contributed by atoms with Gasteiger partial charge in [0, 0.05) is 34.3 Å². The minimum absolute atomic E-state index is 0.117. The molecular formula is C60H62N6. The Kier molecular flexibility index (Phi) is 10.7. The second kappa shape index (κ2) is 16.6. The number of aryl methyl sites for hydroxylation is 4. The molecule has 1 fully saturated rings. The van der Waals surface area contributed by atoms with Gasteiger partial charge < -0.3 is 9.13 Å². The Morgan fingerprint density at radius 1 is 0.621 bits per heavy atom. The highest BCUT2D eigenvalue weighted by atomic mass is 15.4. The highest BCUT2D eigenvalue weighted by Crippen LogP contribution is 2.50. The summed E-state index contributed by atoms with van der Waals surface area (Å²) in [4.78, 5) is 0. The van der Waals surface area contributed by atoms with Gasteiger partial charge in [-0.25, -0.2) is 0 Å².